The topological polar surface area (TPSA) is 98.4 Å². The van der Waals surface area contributed by atoms with E-state index >= 15 is 0 Å². The van der Waals surface area contributed by atoms with Gasteiger partial charge in [0.05, 0.1) is 40.8 Å². The van der Waals surface area contributed by atoms with Crippen molar-refractivity contribution in [2.75, 3.05) is 39.6 Å². The van der Waals surface area contributed by atoms with Gasteiger partial charge in [-0.25, -0.2) is 13.6 Å². The molecule has 14 heteroatoms. The summed E-state index contributed by atoms with van der Waals surface area (Å²) >= 11 is 6.46. The van der Waals surface area contributed by atoms with Crippen LogP contribution in [0.2, 0.25) is 5.02 Å². The van der Waals surface area contributed by atoms with Gasteiger partial charge in [0, 0.05) is 34.4 Å². The molecule has 196 valence electrons. The van der Waals surface area contributed by atoms with E-state index in [0.29, 0.717) is 36.5 Å². The molecule has 0 amide bonds. The molecule has 36 heavy (non-hydrogen) atoms. The molecule has 1 atom stereocenters. The second-order valence-electron chi connectivity index (χ2n) is 7.99. The van der Waals surface area contributed by atoms with Gasteiger partial charge in [0.25, 0.3) is 5.56 Å². The number of ether oxygens (including phenoxy) is 1. The lowest BCUT2D eigenvalue weighted by molar-refractivity contribution is -0.137. The van der Waals surface area contributed by atoms with Gasteiger partial charge in [0.15, 0.2) is 0 Å². The summed E-state index contributed by atoms with van der Waals surface area (Å²) in [7, 11) is 3.59. The molecule has 0 aliphatic rings. The highest BCUT2D eigenvalue weighted by Gasteiger charge is 2.37. The van der Waals surface area contributed by atoms with Crippen molar-refractivity contribution in [1.29, 1.82) is 0 Å². The lowest BCUT2D eigenvalue weighted by Gasteiger charge is -2.22. The quantitative estimate of drug-likeness (QED) is 0.211. The fraction of sp³-hybridized carbons (Fsp3) is 0.364. The summed E-state index contributed by atoms with van der Waals surface area (Å²) in [5.74, 6) is -2.64. The number of nitrogens with one attached hydrogen (secondary N) is 2. The van der Waals surface area contributed by atoms with Gasteiger partial charge in [-0.05, 0) is 26.2 Å². The fourth-order valence-electron chi connectivity index (χ4n) is 3.36. The summed E-state index contributed by atoms with van der Waals surface area (Å²) in [5, 5.41) is 8.55. The van der Waals surface area contributed by atoms with Crippen molar-refractivity contribution in [3.05, 3.63) is 61.3 Å². The zero-order chi connectivity index (χ0) is 26.8. The number of hydrogen-bond acceptors (Lipinski definition) is 6. The third kappa shape index (κ3) is 6.27. The Hall–Kier alpha value is -2.45. The minimum atomic E-state index is -5.08. The number of alkyl halides is 3. The second-order valence-corrected chi connectivity index (χ2v) is 9.43. The van der Waals surface area contributed by atoms with Gasteiger partial charge in [0.2, 0.25) is 0 Å². The molecule has 0 saturated carbocycles. The Bertz CT molecular complexity index is 1380. The Kier molecular flexibility index (Phi) is 8.83. The number of thioether (sulfide) groups is 1. The lowest BCUT2D eigenvalue weighted by Crippen LogP contribution is -2.26. The number of aromatic nitrogens is 2. The molecule has 0 aliphatic heterocycles. The van der Waals surface area contributed by atoms with Gasteiger partial charge in [-0.2, -0.15) is 13.2 Å². The van der Waals surface area contributed by atoms with Crippen molar-refractivity contribution in [2.45, 2.75) is 17.2 Å². The summed E-state index contributed by atoms with van der Waals surface area (Å²) in [6, 6.07) is 1.53. The number of aliphatic hydroxyl groups excluding tert-OH is 1. The third-order valence-electron chi connectivity index (χ3n) is 5.09. The highest BCUT2D eigenvalue weighted by molar-refractivity contribution is 7.99. The number of hydrogen-bond donors (Lipinski definition) is 3. The van der Waals surface area contributed by atoms with Crippen molar-refractivity contribution < 1.29 is 31.8 Å². The lowest BCUT2D eigenvalue weighted by atomic mass is 9.96. The first-order valence-electron chi connectivity index (χ1n) is 10.4. The largest absolute Gasteiger partial charge is 0.417 e. The van der Waals surface area contributed by atoms with Gasteiger partial charge in [-0.1, -0.05) is 11.6 Å². The van der Waals surface area contributed by atoms with Crippen molar-refractivity contribution in [1.82, 2.24) is 14.9 Å². The number of likely N-dealkylation sites (N-methyl/N-ethyl adjacent to an activating group) is 1. The first-order valence-corrected chi connectivity index (χ1v) is 11.7. The van der Waals surface area contributed by atoms with E-state index in [-0.39, 0.29) is 22.8 Å². The van der Waals surface area contributed by atoms with E-state index < -0.39 is 68.9 Å². The predicted molar refractivity (Wildman–Crippen MR) is 127 cm³/mol. The van der Waals surface area contributed by atoms with Crippen molar-refractivity contribution in [3.8, 4) is 11.1 Å². The molecule has 2 aromatic carbocycles. The van der Waals surface area contributed by atoms with Crippen LogP contribution in [0.25, 0.3) is 22.0 Å². The van der Waals surface area contributed by atoms with Gasteiger partial charge < -0.3 is 19.7 Å². The minimum absolute atomic E-state index is 0.126. The van der Waals surface area contributed by atoms with Crippen LogP contribution in [0.5, 0.6) is 0 Å². The van der Waals surface area contributed by atoms with E-state index in [1.807, 2.05) is 9.88 Å². The van der Waals surface area contributed by atoms with Crippen LogP contribution in [-0.4, -0.2) is 65.7 Å². The number of aromatic amines is 2. The highest BCUT2D eigenvalue weighted by atomic mass is 35.5. The van der Waals surface area contributed by atoms with Crippen LogP contribution in [0.1, 0.15) is 5.56 Å². The molecule has 0 saturated heterocycles. The zero-order valence-corrected chi connectivity index (χ0v) is 20.5. The third-order valence-corrected chi connectivity index (χ3v) is 6.61. The molecule has 0 unspecified atom stereocenters. The molecule has 3 rings (SSSR count). The number of rotatable bonds is 9. The maximum Gasteiger partial charge on any atom is 0.417 e. The molecule has 0 aliphatic carbocycles. The van der Waals surface area contributed by atoms with Crippen molar-refractivity contribution in [3.63, 3.8) is 0 Å². The van der Waals surface area contributed by atoms with Crippen LogP contribution >= 0.6 is 23.4 Å². The number of nitrogens with zero attached hydrogens (tertiary/aromatic N) is 1. The summed E-state index contributed by atoms with van der Waals surface area (Å²) in [5.41, 5.74) is -5.21. The van der Waals surface area contributed by atoms with Crippen LogP contribution in [0.15, 0.2) is 32.7 Å². The number of fused-ring (bicyclic) bond motifs is 1. The first kappa shape index (κ1) is 28.1. The molecule has 1 heterocycles. The Balaban J connectivity index is 2.28. The maximum atomic E-state index is 14.8. The standard InChI is InChI=1S/C22H21ClF5N3O4S/c1-31(2)3-4-35-10(8-32)9-36-19-17(11-6-14(23)16(25)7-15(11)24)13(22(26,27)28)5-12-18(19)29-21(34)30-20(12)33/h5-7,10,32H,3-4,8-9H2,1-2H3,(H2,29,30,33,34)/t10-/m0/s1. The highest BCUT2D eigenvalue weighted by Crippen LogP contribution is 2.46. The van der Waals surface area contributed by atoms with E-state index in [1.165, 1.54) is 0 Å². The zero-order valence-electron chi connectivity index (χ0n) is 18.9. The molecule has 3 aromatic rings. The fourth-order valence-corrected chi connectivity index (χ4v) is 4.75. The Labute approximate surface area is 210 Å². The average Bonchev–Trinajstić information content (AvgIpc) is 2.77. The van der Waals surface area contributed by atoms with Gasteiger partial charge in [0.1, 0.15) is 11.6 Å². The van der Waals surface area contributed by atoms with Crippen LogP contribution in [0.3, 0.4) is 0 Å². The number of aliphatic hydroxyl groups is 1. The average molecular weight is 554 g/mol. The Morgan fingerprint density at radius 3 is 2.44 bits per heavy atom. The van der Waals surface area contributed by atoms with Gasteiger partial charge >= 0.3 is 11.9 Å². The number of benzene rings is 2. The maximum absolute atomic E-state index is 14.8. The number of halogens is 6. The smallest absolute Gasteiger partial charge is 0.394 e. The molecular formula is C22H21ClF5N3O4S. The number of H-pyrrole nitrogens is 2. The van der Waals surface area contributed by atoms with Crippen molar-refractivity contribution in [2.24, 2.45) is 0 Å². The molecule has 7 nitrogen and oxygen atoms in total. The Morgan fingerprint density at radius 2 is 1.83 bits per heavy atom. The molecule has 0 spiro atoms. The van der Waals surface area contributed by atoms with Crippen LogP contribution in [-0.2, 0) is 10.9 Å². The van der Waals surface area contributed by atoms with Crippen molar-refractivity contribution >= 4 is 34.3 Å². The van der Waals surface area contributed by atoms with Crippen LogP contribution < -0.4 is 11.2 Å². The summed E-state index contributed by atoms with van der Waals surface area (Å²) < 4.78 is 76.8. The van der Waals surface area contributed by atoms with E-state index in [9.17, 15) is 36.6 Å². The second kappa shape index (κ2) is 11.3. The Morgan fingerprint density at radius 1 is 1.14 bits per heavy atom. The summed E-state index contributed by atoms with van der Waals surface area (Å²) in [6.07, 6.45) is -5.92. The first-order chi connectivity index (χ1) is 16.8. The van der Waals surface area contributed by atoms with Crippen LogP contribution in [0, 0.1) is 11.6 Å². The molecule has 0 bridgehead atoms. The van der Waals surface area contributed by atoms with Crippen LogP contribution in [0.4, 0.5) is 22.0 Å². The summed E-state index contributed by atoms with van der Waals surface area (Å²) in [6.45, 7) is 0.217. The van der Waals surface area contributed by atoms with Gasteiger partial charge in [-0.3, -0.25) is 9.78 Å². The molecular weight excluding hydrogens is 533 g/mol. The van der Waals surface area contributed by atoms with E-state index in [4.69, 9.17) is 16.3 Å². The molecule has 3 N–H and O–H groups in total. The minimum Gasteiger partial charge on any atom is -0.394 e. The molecule has 0 fully saturated rings. The SMILES string of the molecule is CN(C)CCO[C@@H](CO)CSc1c(-c2cc(Cl)c(F)cc2F)c(C(F)(F)F)cc2c(=O)[nH]c(=O)[nH]c12. The van der Waals surface area contributed by atoms with Gasteiger partial charge in [-0.15, -0.1) is 11.8 Å². The monoisotopic (exact) mass is 553 g/mol. The normalized spacial score (nSPS) is 13.1. The molecule has 0 radical (unpaired) electrons. The predicted octanol–water partition coefficient (Wildman–Crippen LogP) is 3.87. The summed E-state index contributed by atoms with van der Waals surface area (Å²) in [4.78, 5) is 30.0. The molecule has 1 aromatic heterocycles. The van der Waals surface area contributed by atoms with E-state index in [2.05, 4.69) is 4.98 Å². The van der Waals surface area contributed by atoms with E-state index in [1.54, 1.807) is 14.1 Å². The van der Waals surface area contributed by atoms with E-state index in [0.717, 1.165) is 0 Å².